The van der Waals surface area contributed by atoms with E-state index in [1.54, 1.807) is 13.4 Å². The smallest absolute Gasteiger partial charge is 0.237 e. The Labute approximate surface area is 120 Å². The number of ether oxygens (including phenoxy) is 1. The third-order valence-corrected chi connectivity index (χ3v) is 4.32. The molecule has 5 nitrogen and oxygen atoms in total. The van der Waals surface area contributed by atoms with Gasteiger partial charge in [0.2, 0.25) is 5.91 Å². The molecule has 0 aliphatic heterocycles. The highest BCUT2D eigenvalue weighted by Gasteiger charge is 2.49. The fourth-order valence-electron chi connectivity index (χ4n) is 2.69. The summed E-state index contributed by atoms with van der Waals surface area (Å²) >= 11 is 0. The molecule has 0 spiro atoms. The van der Waals surface area contributed by atoms with Crippen LogP contribution in [-0.4, -0.2) is 31.2 Å². The first-order valence-corrected chi connectivity index (χ1v) is 7.04. The van der Waals surface area contributed by atoms with Gasteiger partial charge in [-0.2, -0.15) is 0 Å². The van der Waals surface area contributed by atoms with E-state index < -0.39 is 0 Å². The Kier molecular flexibility index (Phi) is 4.50. The van der Waals surface area contributed by atoms with Crippen LogP contribution < -0.4 is 10.6 Å². The third-order valence-electron chi connectivity index (χ3n) is 4.32. The van der Waals surface area contributed by atoms with Crippen LogP contribution in [0.15, 0.2) is 22.8 Å². The van der Waals surface area contributed by atoms with Gasteiger partial charge in [0.1, 0.15) is 5.76 Å². The number of hydrogen-bond donors (Lipinski definition) is 2. The predicted molar refractivity (Wildman–Crippen MR) is 76.1 cm³/mol. The van der Waals surface area contributed by atoms with Gasteiger partial charge < -0.3 is 19.8 Å². The molecular weight excluding hydrogens is 256 g/mol. The Morgan fingerprint density at radius 2 is 2.35 bits per heavy atom. The maximum absolute atomic E-state index is 12.0. The SMILES string of the molecule is COC1CC(NC(C)C(=O)NCc2ccco2)C1(C)C. The van der Waals surface area contributed by atoms with Crippen molar-refractivity contribution in [1.29, 1.82) is 0 Å². The van der Waals surface area contributed by atoms with E-state index in [-0.39, 0.29) is 23.5 Å². The van der Waals surface area contributed by atoms with Crippen LogP contribution in [0.1, 0.15) is 33.0 Å². The maximum Gasteiger partial charge on any atom is 0.237 e. The van der Waals surface area contributed by atoms with E-state index >= 15 is 0 Å². The van der Waals surface area contributed by atoms with E-state index in [2.05, 4.69) is 24.5 Å². The summed E-state index contributed by atoms with van der Waals surface area (Å²) < 4.78 is 10.6. The first-order chi connectivity index (χ1) is 9.45. The first-order valence-electron chi connectivity index (χ1n) is 7.04. The van der Waals surface area contributed by atoms with E-state index in [4.69, 9.17) is 9.15 Å². The average Bonchev–Trinajstić information content (AvgIpc) is 2.93. The van der Waals surface area contributed by atoms with Crippen molar-refractivity contribution < 1.29 is 13.9 Å². The first kappa shape index (κ1) is 15.1. The number of rotatable bonds is 6. The molecule has 20 heavy (non-hydrogen) atoms. The van der Waals surface area contributed by atoms with Crippen LogP contribution in [0.3, 0.4) is 0 Å². The zero-order chi connectivity index (χ0) is 14.8. The largest absolute Gasteiger partial charge is 0.467 e. The van der Waals surface area contributed by atoms with Crippen LogP contribution >= 0.6 is 0 Å². The molecule has 0 aromatic carbocycles. The summed E-state index contributed by atoms with van der Waals surface area (Å²) in [6, 6.07) is 3.73. The third kappa shape index (κ3) is 3.04. The molecule has 1 aromatic heterocycles. The summed E-state index contributed by atoms with van der Waals surface area (Å²) in [5.41, 5.74) is 0.0598. The molecule has 0 saturated heterocycles. The Morgan fingerprint density at radius 3 is 2.90 bits per heavy atom. The lowest BCUT2D eigenvalue weighted by molar-refractivity contribution is -0.127. The Hall–Kier alpha value is -1.33. The number of furan rings is 1. The summed E-state index contributed by atoms with van der Waals surface area (Å²) in [7, 11) is 1.74. The number of amides is 1. The van der Waals surface area contributed by atoms with Gasteiger partial charge in [0.15, 0.2) is 0 Å². The van der Waals surface area contributed by atoms with Crippen LogP contribution in [0.2, 0.25) is 0 Å². The molecule has 0 bridgehead atoms. The van der Waals surface area contributed by atoms with Crippen molar-refractivity contribution in [2.24, 2.45) is 5.41 Å². The lowest BCUT2D eigenvalue weighted by Crippen LogP contribution is -2.63. The summed E-state index contributed by atoms with van der Waals surface area (Å²) in [5.74, 6) is 0.743. The molecule has 3 atom stereocenters. The second-order valence-electron chi connectivity index (χ2n) is 6.02. The minimum Gasteiger partial charge on any atom is -0.467 e. The Balaban J connectivity index is 1.77. The molecule has 3 unspecified atom stereocenters. The lowest BCUT2D eigenvalue weighted by Gasteiger charge is -2.52. The molecule has 1 saturated carbocycles. The molecule has 1 aromatic rings. The van der Waals surface area contributed by atoms with Gasteiger partial charge in [-0.25, -0.2) is 0 Å². The van der Waals surface area contributed by atoms with Gasteiger partial charge in [-0.15, -0.1) is 0 Å². The van der Waals surface area contributed by atoms with Crippen molar-refractivity contribution in [3.05, 3.63) is 24.2 Å². The van der Waals surface area contributed by atoms with Crippen molar-refractivity contribution in [2.45, 2.75) is 51.9 Å². The van der Waals surface area contributed by atoms with Crippen LogP contribution in [0.4, 0.5) is 0 Å². The molecule has 2 N–H and O–H groups in total. The van der Waals surface area contributed by atoms with Crippen LogP contribution in [0.5, 0.6) is 0 Å². The summed E-state index contributed by atoms with van der Waals surface area (Å²) in [6.45, 7) is 6.63. The number of carbonyl (C=O) groups is 1. The van der Waals surface area contributed by atoms with E-state index in [0.29, 0.717) is 12.6 Å². The Morgan fingerprint density at radius 1 is 1.60 bits per heavy atom. The minimum absolute atomic E-state index is 0.0157. The van der Waals surface area contributed by atoms with Gasteiger partial charge in [0.25, 0.3) is 0 Å². The molecule has 5 heteroatoms. The van der Waals surface area contributed by atoms with Crippen molar-refractivity contribution in [3.8, 4) is 0 Å². The van der Waals surface area contributed by atoms with Gasteiger partial charge in [-0.05, 0) is 25.5 Å². The molecule has 0 radical (unpaired) electrons. The van der Waals surface area contributed by atoms with Gasteiger partial charge in [-0.1, -0.05) is 13.8 Å². The molecule has 1 aliphatic carbocycles. The fraction of sp³-hybridized carbons (Fsp3) is 0.667. The highest BCUT2D eigenvalue weighted by atomic mass is 16.5. The number of carbonyl (C=O) groups excluding carboxylic acids is 1. The van der Waals surface area contributed by atoms with E-state index in [9.17, 15) is 4.79 Å². The van der Waals surface area contributed by atoms with Crippen LogP contribution in [-0.2, 0) is 16.1 Å². The zero-order valence-corrected chi connectivity index (χ0v) is 12.6. The zero-order valence-electron chi connectivity index (χ0n) is 12.6. The Bertz CT molecular complexity index is 442. The normalized spacial score (nSPS) is 25.8. The van der Waals surface area contributed by atoms with Crippen molar-refractivity contribution in [2.75, 3.05) is 7.11 Å². The molecule has 1 aliphatic rings. The van der Waals surface area contributed by atoms with Gasteiger partial charge >= 0.3 is 0 Å². The predicted octanol–water partition coefficient (Wildman–Crippen LogP) is 1.69. The standard InChI is InChI=1S/C15H24N2O3/c1-10(14(18)16-9-11-6-5-7-20-11)17-12-8-13(19-4)15(12,2)3/h5-7,10,12-13,17H,8-9H2,1-4H3,(H,16,18). The average molecular weight is 280 g/mol. The molecule has 1 amide bonds. The van der Waals surface area contributed by atoms with Gasteiger partial charge in [-0.3, -0.25) is 4.79 Å². The molecule has 1 heterocycles. The molecule has 112 valence electrons. The molecule has 2 rings (SSSR count). The summed E-state index contributed by atoms with van der Waals surface area (Å²) in [4.78, 5) is 12.0. The van der Waals surface area contributed by atoms with E-state index in [1.807, 2.05) is 19.1 Å². The summed E-state index contributed by atoms with van der Waals surface area (Å²) in [6.07, 6.45) is 2.81. The summed E-state index contributed by atoms with van der Waals surface area (Å²) in [5, 5.41) is 6.24. The van der Waals surface area contributed by atoms with Gasteiger partial charge in [0.05, 0.1) is 25.0 Å². The number of nitrogens with one attached hydrogen (secondary N) is 2. The number of methoxy groups -OCH3 is 1. The van der Waals surface area contributed by atoms with Crippen LogP contribution in [0, 0.1) is 5.41 Å². The highest BCUT2D eigenvalue weighted by molar-refractivity contribution is 5.81. The molecular formula is C15H24N2O3. The topological polar surface area (TPSA) is 63.5 Å². The van der Waals surface area contributed by atoms with E-state index in [1.165, 1.54) is 0 Å². The monoisotopic (exact) mass is 280 g/mol. The fourth-order valence-corrected chi connectivity index (χ4v) is 2.69. The van der Waals surface area contributed by atoms with Crippen molar-refractivity contribution >= 4 is 5.91 Å². The molecule has 1 fully saturated rings. The van der Waals surface area contributed by atoms with Crippen molar-refractivity contribution in [3.63, 3.8) is 0 Å². The maximum atomic E-state index is 12.0. The quantitative estimate of drug-likeness (QED) is 0.832. The lowest BCUT2D eigenvalue weighted by atomic mass is 9.64. The second-order valence-corrected chi connectivity index (χ2v) is 6.02. The second kappa shape index (κ2) is 5.97. The number of hydrogen-bond acceptors (Lipinski definition) is 4. The minimum atomic E-state index is -0.230. The van der Waals surface area contributed by atoms with E-state index in [0.717, 1.165) is 12.2 Å². The van der Waals surface area contributed by atoms with Crippen LogP contribution in [0.25, 0.3) is 0 Å². The van der Waals surface area contributed by atoms with Gasteiger partial charge in [0, 0.05) is 18.6 Å². The van der Waals surface area contributed by atoms with Crippen molar-refractivity contribution in [1.82, 2.24) is 10.6 Å². The highest BCUT2D eigenvalue weighted by Crippen LogP contribution is 2.42.